The summed E-state index contributed by atoms with van der Waals surface area (Å²) in [5, 5.41) is 59.3. The predicted octanol–water partition coefficient (Wildman–Crippen LogP) is -2.32. The summed E-state index contributed by atoms with van der Waals surface area (Å²) in [6.07, 6.45) is 5.05. The van der Waals surface area contributed by atoms with E-state index in [1.54, 1.807) is 0 Å². The number of carboxylic acid groups (broad SMARTS) is 2. The number of hydrogen-bond acceptors (Lipinski definition) is 9. The number of ether oxygens (including phenoxy) is 1. The zero-order valence-electron chi connectivity index (χ0n) is 14.7. The maximum Gasteiger partial charge on any atom is 0.318 e. The molecule has 0 aromatic heterocycles. The molecule has 4 bridgehead atoms. The van der Waals surface area contributed by atoms with Gasteiger partial charge in [0, 0.05) is 23.7 Å². The van der Waals surface area contributed by atoms with Crippen LogP contribution in [0.25, 0.3) is 0 Å². The topological polar surface area (TPSA) is 199 Å². The molecule has 2 saturated carbocycles. The van der Waals surface area contributed by atoms with Crippen molar-refractivity contribution in [3.8, 4) is 0 Å². The van der Waals surface area contributed by atoms with Gasteiger partial charge in [0.25, 0.3) is 0 Å². The molecule has 29 heavy (non-hydrogen) atoms. The maximum absolute atomic E-state index is 12.6. The average molecular weight is 410 g/mol. The maximum atomic E-state index is 12.6. The van der Waals surface area contributed by atoms with E-state index in [2.05, 4.69) is 0 Å². The Kier molecular flexibility index (Phi) is 4.05. The Hall–Kier alpha value is -2.60. The molecule has 6 N–H and O–H groups in total. The van der Waals surface area contributed by atoms with Gasteiger partial charge < -0.3 is 35.4 Å². The van der Waals surface area contributed by atoms with Gasteiger partial charge >= 0.3 is 23.9 Å². The van der Waals surface area contributed by atoms with E-state index in [1.165, 1.54) is 24.3 Å². The van der Waals surface area contributed by atoms with Crippen LogP contribution in [0, 0.1) is 47.3 Å². The molecule has 0 aromatic rings. The van der Waals surface area contributed by atoms with E-state index in [0.29, 0.717) is 0 Å². The third kappa shape index (κ3) is 2.45. The second-order valence-corrected chi connectivity index (χ2v) is 7.96. The molecular formula is C18H18O11. The molecule has 0 aliphatic heterocycles. The lowest BCUT2D eigenvalue weighted by Crippen LogP contribution is -2.40. The van der Waals surface area contributed by atoms with Crippen molar-refractivity contribution in [3.05, 3.63) is 24.3 Å². The highest BCUT2D eigenvalue weighted by molar-refractivity contribution is 5.94. The first-order valence-electron chi connectivity index (χ1n) is 8.88. The van der Waals surface area contributed by atoms with Crippen molar-refractivity contribution < 1.29 is 54.6 Å². The molecule has 156 valence electrons. The molecule has 8 unspecified atom stereocenters. The van der Waals surface area contributed by atoms with Crippen molar-refractivity contribution in [1.29, 1.82) is 0 Å². The minimum atomic E-state index is -2.50. The van der Waals surface area contributed by atoms with Crippen molar-refractivity contribution in [2.45, 2.75) is 11.6 Å². The number of carbonyl (C=O) groups excluding carboxylic acids is 2. The summed E-state index contributed by atoms with van der Waals surface area (Å²) in [6, 6.07) is 0. The minimum Gasteiger partial charge on any atom is -0.481 e. The molecular weight excluding hydrogens is 392 g/mol. The van der Waals surface area contributed by atoms with E-state index in [1.807, 2.05) is 0 Å². The zero-order valence-corrected chi connectivity index (χ0v) is 14.7. The number of carbonyl (C=O) groups is 4. The summed E-state index contributed by atoms with van der Waals surface area (Å²) in [7, 11) is 0. The Morgan fingerprint density at radius 3 is 1.14 bits per heavy atom. The summed E-state index contributed by atoms with van der Waals surface area (Å²) in [5.74, 6) is -22.1. The smallest absolute Gasteiger partial charge is 0.318 e. The van der Waals surface area contributed by atoms with Crippen LogP contribution in [0.3, 0.4) is 0 Å². The summed E-state index contributed by atoms with van der Waals surface area (Å²) >= 11 is 0. The molecule has 0 spiro atoms. The Labute approximate surface area is 162 Å². The Morgan fingerprint density at radius 2 is 0.862 bits per heavy atom. The summed E-state index contributed by atoms with van der Waals surface area (Å²) < 4.78 is 4.75. The fraction of sp³-hybridized carbons (Fsp3) is 0.556. The van der Waals surface area contributed by atoms with Crippen LogP contribution in [0.2, 0.25) is 0 Å². The van der Waals surface area contributed by atoms with E-state index < -0.39 is 82.8 Å². The van der Waals surface area contributed by atoms with Crippen molar-refractivity contribution in [2.24, 2.45) is 47.3 Å². The highest BCUT2D eigenvalue weighted by Gasteiger charge is 2.68. The number of esters is 2. The van der Waals surface area contributed by atoms with Crippen molar-refractivity contribution in [3.63, 3.8) is 0 Å². The van der Waals surface area contributed by atoms with Crippen molar-refractivity contribution in [2.75, 3.05) is 0 Å². The van der Waals surface area contributed by atoms with Gasteiger partial charge in [0.2, 0.25) is 0 Å². The summed E-state index contributed by atoms with van der Waals surface area (Å²) in [6.45, 7) is 0. The van der Waals surface area contributed by atoms with E-state index in [0.717, 1.165) is 0 Å². The number of carboxylic acids is 2. The summed E-state index contributed by atoms with van der Waals surface area (Å²) in [5.41, 5.74) is 0. The molecule has 11 nitrogen and oxygen atoms in total. The fourth-order valence-corrected chi connectivity index (χ4v) is 5.36. The Morgan fingerprint density at radius 1 is 0.586 bits per heavy atom. The fourth-order valence-electron chi connectivity index (χ4n) is 5.36. The highest BCUT2D eigenvalue weighted by Crippen LogP contribution is 2.55. The molecule has 4 aliphatic carbocycles. The van der Waals surface area contributed by atoms with Gasteiger partial charge in [0.05, 0.1) is 23.7 Å². The monoisotopic (exact) mass is 410 g/mol. The third-order valence-electron chi connectivity index (χ3n) is 6.65. The van der Waals surface area contributed by atoms with Gasteiger partial charge in [-0.3, -0.25) is 19.2 Å². The van der Waals surface area contributed by atoms with Gasteiger partial charge in [-0.1, -0.05) is 24.3 Å². The summed E-state index contributed by atoms with van der Waals surface area (Å²) in [4.78, 5) is 48.3. The van der Waals surface area contributed by atoms with E-state index in [4.69, 9.17) is 4.74 Å². The molecule has 0 radical (unpaired) electrons. The first kappa shape index (κ1) is 19.7. The largest absolute Gasteiger partial charge is 0.481 e. The van der Waals surface area contributed by atoms with Gasteiger partial charge in [0.15, 0.2) is 11.6 Å². The number of hydrogen-bond donors (Lipinski definition) is 6. The zero-order chi connectivity index (χ0) is 21.5. The SMILES string of the molecule is O=C(O)C1C(C(=O)OC(=O)C2C(C(=O)O)C3C=CC2C3(O)O)C2C=CC1C2(O)O. The van der Waals surface area contributed by atoms with Crippen LogP contribution in [0.4, 0.5) is 0 Å². The van der Waals surface area contributed by atoms with Crippen LogP contribution in [-0.2, 0) is 23.9 Å². The van der Waals surface area contributed by atoms with Crippen LogP contribution in [0.15, 0.2) is 24.3 Å². The van der Waals surface area contributed by atoms with Crippen molar-refractivity contribution >= 4 is 23.9 Å². The Balaban J connectivity index is 1.58. The third-order valence-corrected chi connectivity index (χ3v) is 6.65. The van der Waals surface area contributed by atoms with Gasteiger partial charge in [0.1, 0.15) is 0 Å². The quantitative estimate of drug-likeness (QED) is 0.126. The lowest BCUT2D eigenvalue weighted by molar-refractivity contribution is -0.198. The number of rotatable bonds is 4. The molecule has 2 fully saturated rings. The number of fused-ring (bicyclic) bond motifs is 4. The van der Waals surface area contributed by atoms with Gasteiger partial charge in [-0.2, -0.15) is 0 Å². The molecule has 0 amide bonds. The van der Waals surface area contributed by atoms with Crippen LogP contribution in [0.1, 0.15) is 0 Å². The minimum absolute atomic E-state index is 1.26. The molecule has 0 saturated heterocycles. The molecule has 11 heteroatoms. The predicted molar refractivity (Wildman–Crippen MR) is 86.9 cm³/mol. The van der Waals surface area contributed by atoms with E-state index in [9.17, 15) is 49.8 Å². The average Bonchev–Trinajstić information content (AvgIpc) is 3.24. The lowest BCUT2D eigenvalue weighted by atomic mass is 9.82. The van der Waals surface area contributed by atoms with Crippen LogP contribution in [-0.4, -0.2) is 66.1 Å². The van der Waals surface area contributed by atoms with Gasteiger partial charge in [-0.05, 0) is 0 Å². The van der Waals surface area contributed by atoms with E-state index in [-0.39, 0.29) is 0 Å². The van der Waals surface area contributed by atoms with Crippen molar-refractivity contribution in [1.82, 2.24) is 0 Å². The van der Waals surface area contributed by atoms with Gasteiger partial charge in [-0.15, -0.1) is 0 Å². The van der Waals surface area contributed by atoms with Crippen LogP contribution < -0.4 is 0 Å². The molecule has 4 aliphatic rings. The number of aliphatic hydroxyl groups is 4. The molecule has 4 rings (SSSR count). The van der Waals surface area contributed by atoms with Crippen LogP contribution >= 0.6 is 0 Å². The molecule has 8 atom stereocenters. The second kappa shape index (κ2) is 5.95. The lowest BCUT2D eigenvalue weighted by Gasteiger charge is -2.25. The highest BCUT2D eigenvalue weighted by atomic mass is 16.6. The first-order valence-corrected chi connectivity index (χ1v) is 8.88. The first-order chi connectivity index (χ1) is 13.4. The number of aliphatic carboxylic acids is 2. The molecule has 0 aromatic carbocycles. The van der Waals surface area contributed by atoms with Gasteiger partial charge in [-0.25, -0.2) is 0 Å². The second-order valence-electron chi connectivity index (χ2n) is 7.96. The van der Waals surface area contributed by atoms with Crippen LogP contribution in [0.5, 0.6) is 0 Å². The Bertz CT molecular complexity index is 799. The van der Waals surface area contributed by atoms with E-state index >= 15 is 0 Å². The standard InChI is InChI=1S/C18H18O11/c19-13(20)9-5-1-3-7(17(5,25)26)11(9)15(23)29-16(24)12-8-4-2-6(18(8,27)28)10(12)14(21)22/h1-12,25-28H,(H,19,20)(H,21,22). The normalized spacial score (nSPS) is 42.2. The molecule has 0 heterocycles.